The lowest BCUT2D eigenvalue weighted by Gasteiger charge is -1.93. The average Bonchev–Trinajstić information content (AvgIpc) is 2.57. The molecule has 2 aromatic rings. The number of fused-ring (bicyclic) bond motifs is 1. The number of aromatic amines is 1. The van der Waals surface area contributed by atoms with E-state index in [1.54, 1.807) is 0 Å². The van der Waals surface area contributed by atoms with E-state index in [4.69, 9.17) is 0 Å². The van der Waals surface area contributed by atoms with Crippen LogP contribution in [-0.2, 0) is 16.6 Å². The van der Waals surface area contributed by atoms with Crippen LogP contribution in [0, 0.1) is 0 Å². The van der Waals surface area contributed by atoms with Gasteiger partial charge in [0.2, 0.25) is 0 Å². The van der Waals surface area contributed by atoms with Crippen molar-refractivity contribution in [2.75, 3.05) is 5.75 Å². The van der Waals surface area contributed by atoms with E-state index in [-0.39, 0.29) is 6.42 Å². The number of hydrogen-bond acceptors (Lipinski definition) is 3. The zero-order valence-electron chi connectivity index (χ0n) is 8.48. The monoisotopic (exact) mass is 242 g/mol. The molecule has 1 aromatic carbocycles. The van der Waals surface area contributed by atoms with Crippen LogP contribution in [0.2, 0.25) is 0 Å². The Morgan fingerprint density at radius 1 is 1.31 bits per heavy atom. The van der Waals surface area contributed by atoms with Crippen molar-refractivity contribution in [3.63, 3.8) is 0 Å². The highest BCUT2D eigenvalue weighted by Gasteiger charge is 2.08. The molecule has 0 bridgehead atoms. The number of hydrogen-bond donors (Lipinski definition) is 1. The first kappa shape index (κ1) is 11.1. The number of H-pyrrole nitrogens is 1. The quantitative estimate of drug-likeness (QED) is 0.831. The molecule has 0 saturated carbocycles. The van der Waals surface area contributed by atoms with Crippen LogP contribution < -0.4 is 0 Å². The van der Waals surface area contributed by atoms with E-state index in [9.17, 15) is 12.3 Å². The van der Waals surface area contributed by atoms with Gasteiger partial charge < -0.3 is 4.98 Å². The van der Waals surface area contributed by atoms with Gasteiger partial charge in [0.25, 0.3) is 0 Å². The molecule has 0 atom stereocenters. The van der Waals surface area contributed by atoms with Crippen LogP contribution in [-0.4, -0.2) is 24.1 Å². The Bertz CT molecular complexity index is 559. The summed E-state index contributed by atoms with van der Waals surface area (Å²) >= 11 is 0. The highest BCUT2D eigenvalue weighted by atomic mass is 32.3. The first-order chi connectivity index (χ1) is 7.54. The van der Waals surface area contributed by atoms with Crippen LogP contribution in [0.25, 0.3) is 11.0 Å². The number of benzene rings is 1. The smallest absolute Gasteiger partial charge is 0.302 e. The number of halogens is 1. The minimum Gasteiger partial charge on any atom is -0.342 e. The topological polar surface area (TPSA) is 62.8 Å². The molecule has 1 aromatic heterocycles. The fourth-order valence-corrected chi connectivity index (χ4v) is 2.03. The van der Waals surface area contributed by atoms with E-state index in [1.165, 1.54) is 0 Å². The second-order valence-electron chi connectivity index (χ2n) is 3.55. The van der Waals surface area contributed by atoms with Gasteiger partial charge in [-0.15, -0.1) is 3.89 Å². The minimum absolute atomic E-state index is 0.235. The minimum atomic E-state index is -4.37. The van der Waals surface area contributed by atoms with Crippen LogP contribution in [0.4, 0.5) is 3.89 Å². The normalized spacial score (nSPS) is 12.1. The van der Waals surface area contributed by atoms with Gasteiger partial charge in [-0.25, -0.2) is 4.98 Å². The summed E-state index contributed by atoms with van der Waals surface area (Å²) in [5.74, 6) is 0.231. The molecular weight excluding hydrogens is 231 g/mol. The Balaban J connectivity index is 2.05. The molecule has 4 nitrogen and oxygen atoms in total. The summed E-state index contributed by atoms with van der Waals surface area (Å²) in [6, 6.07) is 7.51. The van der Waals surface area contributed by atoms with Crippen molar-refractivity contribution in [1.29, 1.82) is 0 Å². The third-order valence-corrected chi connectivity index (χ3v) is 3.02. The van der Waals surface area contributed by atoms with E-state index in [0.717, 1.165) is 11.0 Å². The lowest BCUT2D eigenvalue weighted by atomic mass is 10.3. The fraction of sp³-hybridized carbons (Fsp3) is 0.300. The summed E-state index contributed by atoms with van der Waals surface area (Å²) in [7, 11) is -4.37. The zero-order chi connectivity index (χ0) is 11.6. The number of aryl methyl sites for hydroxylation is 1. The highest BCUT2D eigenvalue weighted by Crippen LogP contribution is 2.11. The van der Waals surface area contributed by atoms with Gasteiger partial charge in [0.15, 0.2) is 0 Å². The summed E-state index contributed by atoms with van der Waals surface area (Å²) in [4.78, 5) is 7.31. The van der Waals surface area contributed by atoms with Gasteiger partial charge in [-0.05, 0) is 18.6 Å². The van der Waals surface area contributed by atoms with Crippen molar-refractivity contribution in [2.24, 2.45) is 0 Å². The maximum absolute atomic E-state index is 12.2. The molecular formula is C10H11FN2O2S. The first-order valence-corrected chi connectivity index (χ1v) is 6.46. The van der Waals surface area contributed by atoms with Crippen molar-refractivity contribution < 1.29 is 12.3 Å². The summed E-state index contributed by atoms with van der Waals surface area (Å²) in [5.41, 5.74) is 1.74. The van der Waals surface area contributed by atoms with Gasteiger partial charge >= 0.3 is 10.2 Å². The fourth-order valence-electron chi connectivity index (χ4n) is 1.54. The molecule has 0 radical (unpaired) electrons. The third kappa shape index (κ3) is 2.79. The predicted molar refractivity (Wildman–Crippen MR) is 59.3 cm³/mol. The van der Waals surface area contributed by atoms with Crippen molar-refractivity contribution in [3.05, 3.63) is 30.1 Å². The molecule has 0 unspecified atom stereocenters. The summed E-state index contributed by atoms with van der Waals surface area (Å²) in [5, 5.41) is 0. The predicted octanol–water partition coefficient (Wildman–Crippen LogP) is 1.79. The van der Waals surface area contributed by atoms with Crippen molar-refractivity contribution in [3.8, 4) is 0 Å². The molecule has 0 fully saturated rings. The molecule has 1 heterocycles. The van der Waals surface area contributed by atoms with Crippen LogP contribution in [0.3, 0.4) is 0 Å². The number of rotatable bonds is 4. The van der Waals surface area contributed by atoms with E-state index in [2.05, 4.69) is 9.97 Å². The molecule has 0 saturated heterocycles. The van der Waals surface area contributed by atoms with E-state index >= 15 is 0 Å². The molecule has 86 valence electrons. The summed E-state index contributed by atoms with van der Waals surface area (Å²) < 4.78 is 32.8. The lowest BCUT2D eigenvalue weighted by Crippen LogP contribution is -2.00. The Morgan fingerprint density at radius 2 is 2.06 bits per heavy atom. The van der Waals surface area contributed by atoms with Gasteiger partial charge in [-0.2, -0.15) is 8.42 Å². The molecule has 2 rings (SSSR count). The van der Waals surface area contributed by atoms with Gasteiger partial charge in [0.1, 0.15) is 5.82 Å². The largest absolute Gasteiger partial charge is 0.342 e. The molecule has 0 aliphatic carbocycles. The molecule has 0 spiro atoms. The first-order valence-electron chi connectivity index (χ1n) is 4.90. The Hall–Kier alpha value is -1.43. The number of nitrogens with one attached hydrogen (secondary N) is 1. The standard InChI is InChI=1S/C10H11FN2O2S/c11-16(14,15)7-3-6-10-12-8-4-1-2-5-9(8)13-10/h1-2,4-5H,3,6-7H2,(H,12,13). The maximum atomic E-state index is 12.2. The number of aromatic nitrogens is 2. The molecule has 1 N–H and O–H groups in total. The van der Waals surface area contributed by atoms with E-state index < -0.39 is 16.0 Å². The van der Waals surface area contributed by atoms with Crippen LogP contribution in [0.15, 0.2) is 24.3 Å². The Morgan fingerprint density at radius 3 is 2.75 bits per heavy atom. The molecule has 0 aliphatic heterocycles. The molecule has 6 heteroatoms. The lowest BCUT2D eigenvalue weighted by molar-refractivity contribution is 0.549. The summed E-state index contributed by atoms with van der Waals surface area (Å²) in [6.07, 6.45) is 0.663. The van der Waals surface area contributed by atoms with E-state index in [0.29, 0.717) is 12.2 Å². The zero-order valence-corrected chi connectivity index (χ0v) is 9.30. The number of nitrogens with zero attached hydrogens (tertiary/aromatic N) is 1. The molecule has 0 amide bonds. The Labute approximate surface area is 92.7 Å². The van der Waals surface area contributed by atoms with Crippen molar-refractivity contribution in [2.45, 2.75) is 12.8 Å². The summed E-state index contributed by atoms with van der Waals surface area (Å²) in [6.45, 7) is 0. The maximum Gasteiger partial charge on any atom is 0.302 e. The Kier molecular flexibility index (Phi) is 2.91. The van der Waals surface area contributed by atoms with Gasteiger partial charge in [0, 0.05) is 6.42 Å². The average molecular weight is 242 g/mol. The number of para-hydroxylation sites is 2. The van der Waals surface area contributed by atoms with Crippen LogP contribution in [0.5, 0.6) is 0 Å². The van der Waals surface area contributed by atoms with Crippen LogP contribution in [0.1, 0.15) is 12.2 Å². The van der Waals surface area contributed by atoms with Crippen molar-refractivity contribution in [1.82, 2.24) is 9.97 Å². The number of imidazole rings is 1. The highest BCUT2D eigenvalue weighted by molar-refractivity contribution is 7.86. The molecule has 16 heavy (non-hydrogen) atoms. The van der Waals surface area contributed by atoms with E-state index in [1.807, 2.05) is 24.3 Å². The van der Waals surface area contributed by atoms with Gasteiger partial charge in [0.05, 0.1) is 16.8 Å². The van der Waals surface area contributed by atoms with Gasteiger partial charge in [-0.3, -0.25) is 0 Å². The SMILES string of the molecule is O=S(=O)(F)CCCc1nc2ccccc2[nH]1. The van der Waals surface area contributed by atoms with Crippen molar-refractivity contribution >= 4 is 21.3 Å². The molecule has 0 aliphatic rings. The van der Waals surface area contributed by atoms with Gasteiger partial charge in [-0.1, -0.05) is 12.1 Å². The second kappa shape index (κ2) is 4.21. The third-order valence-electron chi connectivity index (χ3n) is 2.24. The second-order valence-corrected chi connectivity index (χ2v) is 5.03. The van der Waals surface area contributed by atoms with Crippen LogP contribution >= 0.6 is 0 Å².